The summed E-state index contributed by atoms with van der Waals surface area (Å²) in [4.78, 5) is 34.4. The fourth-order valence-electron chi connectivity index (χ4n) is 5.91. The number of ether oxygens (including phenoxy) is 1. The van der Waals surface area contributed by atoms with Crippen molar-refractivity contribution in [2.24, 2.45) is 17.8 Å². The van der Waals surface area contributed by atoms with Crippen LogP contribution in [0.2, 0.25) is 5.15 Å². The molecule has 42 heavy (non-hydrogen) atoms. The van der Waals surface area contributed by atoms with Crippen molar-refractivity contribution >= 4 is 29.2 Å². The van der Waals surface area contributed by atoms with Crippen molar-refractivity contribution in [2.75, 3.05) is 45.7 Å². The first kappa shape index (κ1) is 30.4. The first-order valence-electron chi connectivity index (χ1n) is 14.2. The van der Waals surface area contributed by atoms with Gasteiger partial charge in [0, 0.05) is 46.3 Å². The highest BCUT2D eigenvalue weighted by Gasteiger charge is 2.62. The molecule has 0 bridgehead atoms. The highest BCUT2D eigenvalue weighted by atomic mass is 35.5. The van der Waals surface area contributed by atoms with Crippen LogP contribution in [0.5, 0.6) is 5.75 Å². The second-order valence-corrected chi connectivity index (χ2v) is 12.3. The van der Waals surface area contributed by atoms with Crippen molar-refractivity contribution in [3.05, 3.63) is 52.7 Å². The lowest BCUT2D eigenvalue weighted by Gasteiger charge is -2.34. The molecule has 3 atom stereocenters. The highest BCUT2D eigenvalue weighted by molar-refractivity contribution is 6.32. The van der Waals surface area contributed by atoms with Crippen LogP contribution in [0.3, 0.4) is 0 Å². The van der Waals surface area contributed by atoms with Gasteiger partial charge in [0.2, 0.25) is 0 Å². The first-order valence-corrected chi connectivity index (χ1v) is 14.6. The Morgan fingerprint density at radius 1 is 1.10 bits per heavy atom. The number of aromatic nitrogens is 1. The Balaban J connectivity index is 1.17. The molecule has 0 radical (unpaired) electrons. The molecule has 1 aromatic carbocycles. The summed E-state index contributed by atoms with van der Waals surface area (Å²) in [6.07, 6.45) is -1.02. The van der Waals surface area contributed by atoms with E-state index in [0.717, 1.165) is 62.2 Å². The molecule has 1 N–H and O–H groups in total. The van der Waals surface area contributed by atoms with Crippen LogP contribution in [0.4, 0.5) is 19.0 Å². The zero-order chi connectivity index (χ0) is 30.4. The topological polar surface area (TPSA) is 86.2 Å². The van der Waals surface area contributed by atoms with Gasteiger partial charge in [-0.3, -0.25) is 9.59 Å². The summed E-state index contributed by atoms with van der Waals surface area (Å²) in [5.74, 6) is 0.0397. The van der Waals surface area contributed by atoms with Crippen LogP contribution >= 0.6 is 11.6 Å². The molecule has 2 aliphatic carbocycles. The van der Waals surface area contributed by atoms with Gasteiger partial charge < -0.3 is 24.5 Å². The summed E-state index contributed by atoms with van der Waals surface area (Å²) in [5, 5.41) is 11.1. The average Bonchev–Trinajstić information content (AvgIpc) is 3.89. The van der Waals surface area contributed by atoms with E-state index in [1.165, 1.54) is 24.1 Å². The maximum Gasteiger partial charge on any atom is 0.430 e. The molecule has 5 rings (SSSR count). The summed E-state index contributed by atoms with van der Waals surface area (Å²) in [6, 6.07) is 8.59. The van der Waals surface area contributed by atoms with E-state index in [9.17, 15) is 27.9 Å². The SMILES string of the molecule is CN(C)C(=O)c1ccc(N2CCC([C@H]3C[C@H]3CN(C)C(=O)[C@](O)(c3cccc(OC4CC4)c3)C(F)(F)F)CC2)nc1Cl. The third-order valence-electron chi connectivity index (χ3n) is 8.57. The maximum absolute atomic E-state index is 14.3. The van der Waals surface area contributed by atoms with E-state index in [0.29, 0.717) is 23.2 Å². The van der Waals surface area contributed by atoms with E-state index >= 15 is 0 Å². The average molecular weight is 609 g/mol. The lowest BCUT2D eigenvalue weighted by atomic mass is 9.90. The number of likely N-dealkylation sites (N-methyl/N-ethyl adjacent to an activating group) is 1. The number of carbonyl (C=O) groups is 2. The molecule has 0 spiro atoms. The molecule has 2 aromatic rings. The largest absolute Gasteiger partial charge is 0.490 e. The summed E-state index contributed by atoms with van der Waals surface area (Å²) in [5.41, 5.74) is -3.87. The maximum atomic E-state index is 14.3. The number of alkyl halides is 3. The van der Waals surface area contributed by atoms with E-state index in [1.54, 1.807) is 26.2 Å². The van der Waals surface area contributed by atoms with Crippen molar-refractivity contribution in [3.63, 3.8) is 0 Å². The second-order valence-electron chi connectivity index (χ2n) is 11.9. The third kappa shape index (κ3) is 6.17. The number of anilines is 1. The smallest absolute Gasteiger partial charge is 0.430 e. The molecule has 228 valence electrons. The molecule has 2 heterocycles. The number of amides is 2. The van der Waals surface area contributed by atoms with Crippen LogP contribution in [0.25, 0.3) is 0 Å². The Bertz CT molecular complexity index is 1330. The van der Waals surface area contributed by atoms with Crippen molar-refractivity contribution in [1.29, 1.82) is 0 Å². The Kier molecular flexibility index (Phi) is 8.37. The number of hydrogen-bond acceptors (Lipinski definition) is 6. The van der Waals surface area contributed by atoms with Gasteiger partial charge in [-0.1, -0.05) is 23.7 Å². The number of aliphatic hydroxyl groups is 1. The second kappa shape index (κ2) is 11.6. The van der Waals surface area contributed by atoms with Crippen LogP contribution < -0.4 is 9.64 Å². The molecule has 2 amide bonds. The summed E-state index contributed by atoms with van der Waals surface area (Å²) in [7, 11) is 4.62. The zero-order valence-electron chi connectivity index (χ0n) is 23.9. The lowest BCUT2D eigenvalue weighted by molar-refractivity contribution is -0.261. The van der Waals surface area contributed by atoms with E-state index < -0.39 is 23.2 Å². The number of piperidine rings is 1. The number of pyridine rings is 1. The van der Waals surface area contributed by atoms with E-state index in [2.05, 4.69) is 9.88 Å². The van der Waals surface area contributed by atoms with Crippen LogP contribution in [0.15, 0.2) is 36.4 Å². The van der Waals surface area contributed by atoms with Crippen LogP contribution in [-0.2, 0) is 10.4 Å². The van der Waals surface area contributed by atoms with Crippen molar-refractivity contribution in [3.8, 4) is 5.75 Å². The molecule has 2 saturated carbocycles. The van der Waals surface area contributed by atoms with E-state index in [4.69, 9.17) is 16.3 Å². The number of benzene rings is 1. The number of carbonyl (C=O) groups excluding carboxylic acids is 2. The van der Waals surface area contributed by atoms with Gasteiger partial charge >= 0.3 is 6.18 Å². The summed E-state index contributed by atoms with van der Waals surface area (Å²) in [6.45, 7) is 1.61. The van der Waals surface area contributed by atoms with Gasteiger partial charge in [-0.25, -0.2) is 4.98 Å². The highest BCUT2D eigenvalue weighted by Crippen LogP contribution is 2.49. The van der Waals surface area contributed by atoms with Gasteiger partial charge in [-0.2, -0.15) is 13.2 Å². The molecule has 3 aliphatic rings. The molecule has 1 aliphatic heterocycles. The van der Waals surface area contributed by atoms with Crippen molar-refractivity contribution < 1.29 is 32.6 Å². The van der Waals surface area contributed by atoms with Crippen LogP contribution in [0.1, 0.15) is 48.0 Å². The predicted octanol–water partition coefficient (Wildman–Crippen LogP) is 4.74. The Morgan fingerprint density at radius 2 is 1.79 bits per heavy atom. The van der Waals surface area contributed by atoms with Gasteiger partial charge in [0.1, 0.15) is 16.7 Å². The molecule has 3 fully saturated rings. The third-order valence-corrected chi connectivity index (χ3v) is 8.86. The fourth-order valence-corrected chi connectivity index (χ4v) is 6.14. The van der Waals surface area contributed by atoms with Crippen molar-refractivity contribution in [1.82, 2.24) is 14.8 Å². The lowest BCUT2D eigenvalue weighted by Crippen LogP contribution is -2.55. The van der Waals surface area contributed by atoms with E-state index in [1.807, 2.05) is 0 Å². The minimum atomic E-state index is -5.21. The number of halogens is 4. The Morgan fingerprint density at radius 3 is 2.38 bits per heavy atom. The van der Waals surface area contributed by atoms with Gasteiger partial charge in [-0.05, 0) is 74.1 Å². The van der Waals surface area contributed by atoms with Crippen molar-refractivity contribution in [2.45, 2.75) is 50.0 Å². The Labute approximate surface area is 248 Å². The van der Waals surface area contributed by atoms with Gasteiger partial charge in [0.05, 0.1) is 11.7 Å². The van der Waals surface area contributed by atoms with Crippen LogP contribution in [-0.4, -0.2) is 84.8 Å². The molecule has 12 heteroatoms. The quantitative estimate of drug-likeness (QED) is 0.414. The standard InChI is InChI=1S/C30H36ClF3N4O4/c1-36(2)27(39)23-9-10-25(35-26(23)31)38-13-11-18(12-14-38)24-15-19(24)17-37(3)28(40)29(41,30(32,33)34)20-5-4-6-22(16-20)42-21-7-8-21/h4-6,9-10,16,18-19,21,24,41H,7-8,11-15,17H2,1-3H3/t19-,24+,29+/m0/s1. The van der Waals surface area contributed by atoms with Gasteiger partial charge in [0.25, 0.3) is 17.4 Å². The van der Waals surface area contributed by atoms with Gasteiger partial charge in [0.15, 0.2) is 0 Å². The number of nitrogens with zero attached hydrogens (tertiary/aromatic N) is 4. The molecule has 8 nitrogen and oxygen atoms in total. The fraction of sp³-hybridized carbons (Fsp3) is 0.567. The first-order chi connectivity index (χ1) is 19.8. The number of hydrogen-bond donors (Lipinski definition) is 1. The van der Waals surface area contributed by atoms with Crippen LogP contribution in [0, 0.1) is 17.8 Å². The molecular formula is C30H36ClF3N4O4. The molecule has 1 aromatic heterocycles. The summed E-state index contributed by atoms with van der Waals surface area (Å²) < 4.78 is 48.4. The van der Waals surface area contributed by atoms with Gasteiger partial charge in [-0.15, -0.1) is 0 Å². The predicted molar refractivity (Wildman–Crippen MR) is 151 cm³/mol. The molecule has 1 saturated heterocycles. The normalized spacial score (nSPS) is 22.3. The molecular weight excluding hydrogens is 573 g/mol. The summed E-state index contributed by atoms with van der Waals surface area (Å²) >= 11 is 6.29. The zero-order valence-corrected chi connectivity index (χ0v) is 24.7. The van der Waals surface area contributed by atoms with E-state index in [-0.39, 0.29) is 35.4 Å². The minimum Gasteiger partial charge on any atom is -0.490 e. The minimum absolute atomic E-state index is 0.0374. The Hall–Kier alpha value is -3.05. The monoisotopic (exact) mass is 608 g/mol. The molecule has 0 unspecified atom stereocenters. The number of rotatable bonds is 9.